The molecular formula is C25H27NO2. The Morgan fingerprint density at radius 2 is 1.39 bits per heavy atom. The van der Waals surface area contributed by atoms with Crippen molar-refractivity contribution in [3.8, 4) is 5.75 Å². The van der Waals surface area contributed by atoms with E-state index in [0.29, 0.717) is 19.4 Å². The number of hydrogen-bond acceptors (Lipinski definition) is 2. The number of amides is 1. The fourth-order valence-corrected chi connectivity index (χ4v) is 3.40. The third-order valence-corrected chi connectivity index (χ3v) is 5.26. The van der Waals surface area contributed by atoms with E-state index in [1.165, 1.54) is 11.1 Å². The quantitative estimate of drug-likeness (QED) is 0.619. The van der Waals surface area contributed by atoms with E-state index >= 15 is 0 Å². The van der Waals surface area contributed by atoms with Crippen LogP contribution in [0.3, 0.4) is 0 Å². The van der Waals surface area contributed by atoms with E-state index in [4.69, 9.17) is 4.74 Å². The summed E-state index contributed by atoms with van der Waals surface area (Å²) in [6.07, 6.45) is 1.18. The molecular weight excluding hydrogens is 346 g/mol. The summed E-state index contributed by atoms with van der Waals surface area (Å²) >= 11 is 0. The SMILES string of the molecule is COc1ccc(CCC(=O)NCC(C)(c2ccccc2)c2ccccc2)cc1. The van der Waals surface area contributed by atoms with E-state index in [9.17, 15) is 4.79 Å². The number of carbonyl (C=O) groups excluding carboxylic acids is 1. The van der Waals surface area contributed by atoms with Crippen molar-refractivity contribution in [2.24, 2.45) is 0 Å². The van der Waals surface area contributed by atoms with Gasteiger partial charge in [0.2, 0.25) is 5.91 Å². The van der Waals surface area contributed by atoms with Crippen molar-refractivity contribution < 1.29 is 9.53 Å². The molecule has 0 unspecified atom stereocenters. The van der Waals surface area contributed by atoms with Crippen LogP contribution in [0.5, 0.6) is 5.75 Å². The van der Waals surface area contributed by atoms with Crippen molar-refractivity contribution >= 4 is 5.91 Å². The molecule has 3 aromatic carbocycles. The standard InChI is InChI=1S/C25H27NO2/c1-25(21-9-5-3-6-10-21,22-11-7-4-8-12-22)19-26-24(27)18-15-20-13-16-23(28-2)17-14-20/h3-14,16-17H,15,18-19H2,1-2H3,(H,26,27). The van der Waals surface area contributed by atoms with Gasteiger partial charge in [0, 0.05) is 18.4 Å². The first-order valence-corrected chi connectivity index (χ1v) is 9.62. The maximum Gasteiger partial charge on any atom is 0.220 e. The third-order valence-electron chi connectivity index (χ3n) is 5.26. The highest BCUT2D eigenvalue weighted by atomic mass is 16.5. The average Bonchev–Trinajstić information content (AvgIpc) is 2.77. The molecule has 0 aromatic heterocycles. The van der Waals surface area contributed by atoms with E-state index in [-0.39, 0.29) is 11.3 Å². The molecule has 3 nitrogen and oxygen atoms in total. The van der Waals surface area contributed by atoms with Crippen LogP contribution in [0.25, 0.3) is 0 Å². The van der Waals surface area contributed by atoms with Gasteiger partial charge >= 0.3 is 0 Å². The van der Waals surface area contributed by atoms with Gasteiger partial charge in [-0.25, -0.2) is 0 Å². The zero-order valence-corrected chi connectivity index (χ0v) is 16.5. The van der Waals surface area contributed by atoms with Gasteiger partial charge in [0.25, 0.3) is 0 Å². The number of rotatable bonds is 8. The van der Waals surface area contributed by atoms with Crippen molar-refractivity contribution in [2.45, 2.75) is 25.2 Å². The number of nitrogens with one attached hydrogen (secondary N) is 1. The molecule has 3 heteroatoms. The van der Waals surface area contributed by atoms with Gasteiger partial charge in [0.15, 0.2) is 0 Å². The van der Waals surface area contributed by atoms with Crippen LogP contribution < -0.4 is 10.1 Å². The molecule has 0 spiro atoms. The molecule has 0 saturated carbocycles. The maximum atomic E-state index is 12.5. The molecule has 0 fully saturated rings. The second-order valence-corrected chi connectivity index (χ2v) is 7.19. The van der Waals surface area contributed by atoms with Gasteiger partial charge in [0.1, 0.15) is 5.75 Å². The van der Waals surface area contributed by atoms with Crippen LogP contribution in [0, 0.1) is 0 Å². The summed E-state index contributed by atoms with van der Waals surface area (Å²) in [6.45, 7) is 2.74. The molecule has 0 aliphatic rings. The fraction of sp³-hybridized carbons (Fsp3) is 0.240. The third kappa shape index (κ3) is 4.80. The highest BCUT2D eigenvalue weighted by Crippen LogP contribution is 2.31. The summed E-state index contributed by atoms with van der Waals surface area (Å²) in [5.41, 5.74) is 3.23. The van der Waals surface area contributed by atoms with E-state index < -0.39 is 0 Å². The topological polar surface area (TPSA) is 38.3 Å². The predicted octanol–water partition coefficient (Wildman–Crippen LogP) is 4.75. The van der Waals surface area contributed by atoms with Gasteiger partial charge < -0.3 is 10.1 Å². The lowest BCUT2D eigenvalue weighted by Gasteiger charge is -2.31. The lowest BCUT2D eigenvalue weighted by atomic mass is 9.76. The summed E-state index contributed by atoms with van der Waals surface area (Å²) in [6, 6.07) is 28.6. The molecule has 0 saturated heterocycles. The Bertz CT molecular complexity index is 834. The number of hydrogen-bond donors (Lipinski definition) is 1. The smallest absolute Gasteiger partial charge is 0.220 e. The summed E-state index contributed by atoms with van der Waals surface area (Å²) in [7, 11) is 1.65. The molecule has 1 amide bonds. The van der Waals surface area contributed by atoms with Crippen LogP contribution >= 0.6 is 0 Å². The minimum absolute atomic E-state index is 0.0638. The number of methoxy groups -OCH3 is 1. The highest BCUT2D eigenvalue weighted by Gasteiger charge is 2.29. The molecule has 0 atom stereocenters. The van der Waals surface area contributed by atoms with Gasteiger partial charge in [-0.1, -0.05) is 72.8 Å². The van der Waals surface area contributed by atoms with Crippen LogP contribution in [0.15, 0.2) is 84.9 Å². The minimum atomic E-state index is -0.279. The Balaban J connectivity index is 1.65. The normalized spacial score (nSPS) is 11.1. The number of carbonyl (C=O) groups is 1. The lowest BCUT2D eigenvalue weighted by Crippen LogP contribution is -2.39. The zero-order valence-electron chi connectivity index (χ0n) is 16.5. The minimum Gasteiger partial charge on any atom is -0.497 e. The fourth-order valence-electron chi connectivity index (χ4n) is 3.40. The average molecular weight is 373 g/mol. The van der Waals surface area contributed by atoms with Crippen molar-refractivity contribution in [2.75, 3.05) is 13.7 Å². The van der Waals surface area contributed by atoms with Crippen LogP contribution in [0.1, 0.15) is 30.0 Å². The van der Waals surface area contributed by atoms with E-state index in [0.717, 1.165) is 11.3 Å². The van der Waals surface area contributed by atoms with Crippen molar-refractivity contribution in [3.05, 3.63) is 102 Å². The molecule has 3 rings (SSSR count). The molecule has 0 bridgehead atoms. The van der Waals surface area contributed by atoms with E-state index in [1.54, 1.807) is 7.11 Å². The number of ether oxygens (including phenoxy) is 1. The summed E-state index contributed by atoms with van der Waals surface area (Å²) in [5.74, 6) is 0.892. The summed E-state index contributed by atoms with van der Waals surface area (Å²) in [5, 5.41) is 3.15. The molecule has 0 radical (unpaired) electrons. The van der Waals surface area contributed by atoms with Gasteiger partial charge in [-0.15, -0.1) is 0 Å². The largest absolute Gasteiger partial charge is 0.497 e. The van der Waals surface area contributed by atoms with E-state index in [1.807, 2.05) is 60.7 Å². The Labute approximate surface area is 167 Å². The number of benzene rings is 3. The molecule has 1 N–H and O–H groups in total. The Morgan fingerprint density at radius 1 is 0.857 bits per heavy atom. The van der Waals surface area contributed by atoms with Crippen LogP contribution in [-0.2, 0) is 16.6 Å². The maximum absolute atomic E-state index is 12.5. The van der Waals surface area contributed by atoms with Gasteiger partial charge in [-0.05, 0) is 42.2 Å². The first-order valence-electron chi connectivity index (χ1n) is 9.62. The molecule has 144 valence electrons. The second-order valence-electron chi connectivity index (χ2n) is 7.19. The van der Waals surface area contributed by atoms with Crippen molar-refractivity contribution in [3.63, 3.8) is 0 Å². The molecule has 0 aliphatic heterocycles. The van der Waals surface area contributed by atoms with Crippen molar-refractivity contribution in [1.82, 2.24) is 5.32 Å². The number of aryl methyl sites for hydroxylation is 1. The van der Waals surface area contributed by atoms with Crippen LogP contribution in [-0.4, -0.2) is 19.6 Å². The summed E-state index contributed by atoms with van der Waals surface area (Å²) < 4.78 is 5.18. The highest BCUT2D eigenvalue weighted by molar-refractivity contribution is 5.76. The molecule has 0 aliphatic carbocycles. The molecule has 0 heterocycles. The first-order chi connectivity index (χ1) is 13.6. The monoisotopic (exact) mass is 373 g/mol. The Morgan fingerprint density at radius 3 is 1.89 bits per heavy atom. The van der Waals surface area contributed by atoms with Crippen molar-refractivity contribution in [1.29, 1.82) is 0 Å². The molecule has 3 aromatic rings. The van der Waals surface area contributed by atoms with Gasteiger partial charge in [-0.3, -0.25) is 4.79 Å². The van der Waals surface area contributed by atoms with Crippen LogP contribution in [0.4, 0.5) is 0 Å². The summed E-state index contributed by atoms with van der Waals surface area (Å²) in [4.78, 5) is 12.5. The van der Waals surface area contributed by atoms with Gasteiger partial charge in [0.05, 0.1) is 7.11 Å². The predicted molar refractivity (Wildman–Crippen MR) is 114 cm³/mol. The van der Waals surface area contributed by atoms with E-state index in [2.05, 4.69) is 36.5 Å². The molecule has 28 heavy (non-hydrogen) atoms. The van der Waals surface area contributed by atoms with Crippen LogP contribution in [0.2, 0.25) is 0 Å². The second kappa shape index (κ2) is 9.23. The Kier molecular flexibility index (Phi) is 6.49. The Hall–Kier alpha value is -3.07. The zero-order chi connectivity index (χ0) is 19.8. The lowest BCUT2D eigenvalue weighted by molar-refractivity contribution is -0.121. The first kappa shape index (κ1) is 19.7. The van der Waals surface area contributed by atoms with Gasteiger partial charge in [-0.2, -0.15) is 0 Å².